The molecule has 0 saturated carbocycles. The van der Waals surface area contributed by atoms with Crippen LogP contribution in [0.4, 0.5) is 14.5 Å². The third-order valence-electron chi connectivity index (χ3n) is 4.13. The van der Waals surface area contributed by atoms with E-state index in [0.29, 0.717) is 13.1 Å². The average Bonchev–Trinajstić information content (AvgIpc) is 2.62. The van der Waals surface area contributed by atoms with Crippen molar-refractivity contribution in [3.8, 4) is 0 Å². The smallest absolute Gasteiger partial charge is 0.246 e. The summed E-state index contributed by atoms with van der Waals surface area (Å²) in [5, 5.41) is 0. The molecule has 27 heavy (non-hydrogen) atoms. The minimum absolute atomic E-state index is 0.104. The van der Waals surface area contributed by atoms with Crippen LogP contribution in [0.1, 0.15) is 19.4 Å². The molecule has 8 heteroatoms. The van der Waals surface area contributed by atoms with Crippen LogP contribution in [-0.2, 0) is 21.4 Å². The van der Waals surface area contributed by atoms with Gasteiger partial charge in [0.05, 0.1) is 11.9 Å². The number of likely N-dealkylation sites (N-methyl/N-ethyl adjacent to an activating group) is 1. The summed E-state index contributed by atoms with van der Waals surface area (Å²) in [4.78, 5) is 14.5. The van der Waals surface area contributed by atoms with E-state index < -0.39 is 33.6 Å². The van der Waals surface area contributed by atoms with Crippen LogP contribution in [0.15, 0.2) is 48.5 Å². The lowest BCUT2D eigenvalue weighted by Crippen LogP contribution is -2.49. The molecule has 0 saturated heterocycles. The minimum Gasteiger partial charge on any atom is -0.337 e. The van der Waals surface area contributed by atoms with E-state index >= 15 is 0 Å². The van der Waals surface area contributed by atoms with Gasteiger partial charge in [-0.15, -0.1) is 0 Å². The Labute approximate surface area is 158 Å². The Morgan fingerprint density at radius 2 is 1.70 bits per heavy atom. The number of anilines is 1. The first-order chi connectivity index (χ1) is 12.6. The predicted molar refractivity (Wildman–Crippen MR) is 101 cm³/mol. The predicted octanol–water partition coefficient (Wildman–Crippen LogP) is 3.17. The van der Waals surface area contributed by atoms with Gasteiger partial charge in [-0.05, 0) is 31.5 Å². The molecule has 0 aliphatic heterocycles. The second kappa shape index (κ2) is 8.47. The van der Waals surface area contributed by atoms with Gasteiger partial charge in [-0.25, -0.2) is 17.2 Å². The highest BCUT2D eigenvalue weighted by Crippen LogP contribution is 2.24. The van der Waals surface area contributed by atoms with E-state index in [0.717, 1.165) is 34.3 Å². The van der Waals surface area contributed by atoms with Gasteiger partial charge in [0.1, 0.15) is 6.04 Å². The largest absolute Gasteiger partial charge is 0.337 e. The van der Waals surface area contributed by atoms with Gasteiger partial charge in [-0.2, -0.15) is 0 Å². The lowest BCUT2D eigenvalue weighted by atomic mass is 10.2. The van der Waals surface area contributed by atoms with Crippen molar-refractivity contribution >= 4 is 21.6 Å². The molecular weight excluding hydrogens is 374 g/mol. The Hall–Kier alpha value is -2.48. The molecule has 146 valence electrons. The molecule has 0 radical (unpaired) electrons. The normalized spacial score (nSPS) is 12.5. The van der Waals surface area contributed by atoms with Crippen LogP contribution in [0.3, 0.4) is 0 Å². The van der Waals surface area contributed by atoms with E-state index in [1.54, 1.807) is 6.92 Å². The van der Waals surface area contributed by atoms with Gasteiger partial charge in [0.2, 0.25) is 15.9 Å². The van der Waals surface area contributed by atoms with Crippen molar-refractivity contribution in [3.05, 3.63) is 65.7 Å². The highest BCUT2D eigenvalue weighted by atomic mass is 32.2. The highest BCUT2D eigenvalue weighted by molar-refractivity contribution is 7.92. The van der Waals surface area contributed by atoms with E-state index in [4.69, 9.17) is 0 Å². The van der Waals surface area contributed by atoms with E-state index in [9.17, 15) is 22.0 Å². The molecule has 5 nitrogen and oxygen atoms in total. The molecule has 0 aromatic heterocycles. The summed E-state index contributed by atoms with van der Waals surface area (Å²) in [6.45, 7) is 3.90. The number of carbonyl (C=O) groups excluding carboxylic acids is 1. The Kier molecular flexibility index (Phi) is 6.54. The quantitative estimate of drug-likeness (QED) is 0.722. The van der Waals surface area contributed by atoms with Crippen LogP contribution < -0.4 is 4.31 Å². The van der Waals surface area contributed by atoms with Gasteiger partial charge >= 0.3 is 0 Å². The number of nitrogens with zero attached hydrogens (tertiary/aromatic N) is 2. The van der Waals surface area contributed by atoms with Gasteiger partial charge in [-0.3, -0.25) is 9.10 Å². The number of carbonyl (C=O) groups is 1. The van der Waals surface area contributed by atoms with E-state index in [1.165, 1.54) is 11.8 Å². The van der Waals surface area contributed by atoms with Gasteiger partial charge in [0.25, 0.3) is 0 Å². The molecule has 0 N–H and O–H groups in total. The fourth-order valence-electron chi connectivity index (χ4n) is 2.84. The maximum absolute atomic E-state index is 13.6. The molecule has 2 rings (SSSR count). The number of hydrogen-bond donors (Lipinski definition) is 0. The molecule has 1 atom stereocenters. The molecular formula is C19H22F2N2O3S. The summed E-state index contributed by atoms with van der Waals surface area (Å²) in [7, 11) is -3.91. The average molecular weight is 396 g/mol. The molecule has 0 aliphatic rings. The molecule has 0 heterocycles. The summed E-state index contributed by atoms with van der Waals surface area (Å²) in [5.74, 6) is -2.71. The maximum Gasteiger partial charge on any atom is 0.246 e. The monoisotopic (exact) mass is 396 g/mol. The van der Waals surface area contributed by atoms with Crippen LogP contribution in [0.5, 0.6) is 0 Å². The summed E-state index contributed by atoms with van der Waals surface area (Å²) in [5.41, 5.74) is 0.798. The van der Waals surface area contributed by atoms with Gasteiger partial charge < -0.3 is 4.90 Å². The van der Waals surface area contributed by atoms with Crippen molar-refractivity contribution in [2.75, 3.05) is 17.1 Å². The van der Waals surface area contributed by atoms with Crippen LogP contribution in [0.25, 0.3) is 0 Å². The van der Waals surface area contributed by atoms with Crippen molar-refractivity contribution in [2.45, 2.75) is 26.4 Å². The van der Waals surface area contributed by atoms with Crippen LogP contribution in [0, 0.1) is 11.6 Å². The van der Waals surface area contributed by atoms with Crippen molar-refractivity contribution < 1.29 is 22.0 Å². The first kappa shape index (κ1) is 20.8. The third-order valence-corrected chi connectivity index (χ3v) is 5.38. The molecule has 2 aromatic carbocycles. The van der Waals surface area contributed by atoms with Crippen molar-refractivity contribution in [2.24, 2.45) is 0 Å². The van der Waals surface area contributed by atoms with Gasteiger partial charge in [-0.1, -0.05) is 30.3 Å². The van der Waals surface area contributed by atoms with Crippen molar-refractivity contribution in [3.63, 3.8) is 0 Å². The Morgan fingerprint density at radius 3 is 2.22 bits per heavy atom. The van der Waals surface area contributed by atoms with Gasteiger partial charge in [0.15, 0.2) is 11.6 Å². The second-order valence-electron chi connectivity index (χ2n) is 6.17. The van der Waals surface area contributed by atoms with Crippen LogP contribution >= 0.6 is 0 Å². The third kappa shape index (κ3) is 5.03. The summed E-state index contributed by atoms with van der Waals surface area (Å²) >= 11 is 0. The SMILES string of the molecule is CCN(Cc1ccccc1)C(=O)[C@@H](C)N(c1ccc(F)c(F)c1)S(C)(=O)=O. The molecule has 2 aromatic rings. The zero-order chi connectivity index (χ0) is 20.2. The number of benzene rings is 2. The molecule has 1 amide bonds. The van der Waals surface area contributed by atoms with Crippen molar-refractivity contribution in [1.82, 2.24) is 4.90 Å². The highest BCUT2D eigenvalue weighted by Gasteiger charge is 2.32. The fourth-order valence-corrected chi connectivity index (χ4v) is 4.00. The molecule has 0 unspecified atom stereocenters. The van der Waals surface area contributed by atoms with Gasteiger partial charge in [0, 0.05) is 19.2 Å². The lowest BCUT2D eigenvalue weighted by Gasteiger charge is -2.32. The van der Waals surface area contributed by atoms with E-state index in [1.807, 2.05) is 30.3 Å². The summed E-state index contributed by atoms with van der Waals surface area (Å²) in [6, 6.07) is 10.9. The fraction of sp³-hybridized carbons (Fsp3) is 0.316. The lowest BCUT2D eigenvalue weighted by molar-refractivity contribution is -0.132. The Balaban J connectivity index is 2.34. The van der Waals surface area contributed by atoms with Crippen molar-refractivity contribution in [1.29, 1.82) is 0 Å². The molecule has 0 aliphatic carbocycles. The first-order valence-electron chi connectivity index (χ1n) is 8.42. The maximum atomic E-state index is 13.6. The standard InChI is InChI=1S/C19H22F2N2O3S/c1-4-22(13-15-8-6-5-7-9-15)19(24)14(2)23(27(3,25)26)16-10-11-17(20)18(21)12-16/h5-12,14H,4,13H2,1-3H3/t14-/m1/s1. The molecule has 0 bridgehead atoms. The zero-order valence-corrected chi connectivity index (χ0v) is 16.2. The number of amides is 1. The first-order valence-corrected chi connectivity index (χ1v) is 10.3. The zero-order valence-electron chi connectivity index (χ0n) is 15.4. The second-order valence-corrected chi connectivity index (χ2v) is 8.03. The number of rotatable bonds is 7. The topological polar surface area (TPSA) is 57.7 Å². The Morgan fingerprint density at radius 1 is 1.07 bits per heavy atom. The minimum atomic E-state index is -3.91. The van der Waals surface area contributed by atoms with Crippen LogP contribution in [-0.4, -0.2) is 38.1 Å². The van der Waals surface area contributed by atoms with E-state index in [2.05, 4.69) is 0 Å². The molecule has 0 spiro atoms. The summed E-state index contributed by atoms with van der Waals surface area (Å²) < 4.78 is 52.2. The Bertz CT molecular complexity index is 904. The molecule has 0 fully saturated rings. The summed E-state index contributed by atoms with van der Waals surface area (Å²) in [6.07, 6.45) is 0.922. The number of halogens is 2. The van der Waals surface area contributed by atoms with E-state index in [-0.39, 0.29) is 5.69 Å². The number of hydrogen-bond acceptors (Lipinski definition) is 3. The van der Waals surface area contributed by atoms with Crippen LogP contribution in [0.2, 0.25) is 0 Å². The number of sulfonamides is 1.